The van der Waals surface area contributed by atoms with Crippen molar-refractivity contribution in [1.82, 2.24) is 9.88 Å². The number of β-lactam (4-membered cyclic amide) rings is 1. The number of thioether (sulfide) groups is 1. The minimum atomic E-state index is -1.15. The van der Waals surface area contributed by atoms with Gasteiger partial charge in [-0.25, -0.2) is 4.79 Å². The van der Waals surface area contributed by atoms with Crippen molar-refractivity contribution in [1.29, 1.82) is 0 Å². The number of para-hydroxylation sites is 1. The number of aromatic amines is 1. The van der Waals surface area contributed by atoms with Crippen LogP contribution in [0.3, 0.4) is 0 Å². The number of hydrogen-bond donors (Lipinski definition) is 4. The summed E-state index contributed by atoms with van der Waals surface area (Å²) in [5.74, 6) is -2.31. The summed E-state index contributed by atoms with van der Waals surface area (Å²) in [5, 5.41) is 18.8. The van der Waals surface area contributed by atoms with Gasteiger partial charge >= 0.3 is 17.9 Å². The zero-order chi connectivity index (χ0) is 23.4. The zero-order valence-electron chi connectivity index (χ0n) is 17.2. The first-order valence-corrected chi connectivity index (χ1v) is 10.8. The Morgan fingerprint density at radius 3 is 2.66 bits per heavy atom. The first-order chi connectivity index (χ1) is 15.2. The van der Waals surface area contributed by atoms with Crippen molar-refractivity contribution in [3.8, 4) is 0 Å². The van der Waals surface area contributed by atoms with E-state index < -0.39 is 23.9 Å². The monoisotopic (exact) mass is 461 g/mol. The van der Waals surface area contributed by atoms with Crippen molar-refractivity contribution in [2.75, 3.05) is 12.4 Å². The van der Waals surface area contributed by atoms with Crippen molar-refractivity contribution >= 4 is 46.5 Å². The van der Waals surface area contributed by atoms with Crippen LogP contribution in [0.25, 0.3) is 10.9 Å². The number of nitrogens with one attached hydrogen (secondary N) is 1. The fraction of sp³-hybridized carbons (Fsp3) is 0.333. The molecule has 1 aromatic heterocycles. The lowest BCUT2D eigenvalue weighted by molar-refractivity contribution is -0.146. The van der Waals surface area contributed by atoms with Crippen LogP contribution in [-0.4, -0.2) is 67.7 Å². The Morgan fingerprint density at radius 1 is 1.31 bits per heavy atom. The lowest BCUT2D eigenvalue weighted by atomic mass is 10.1. The molecule has 10 nitrogen and oxygen atoms in total. The first kappa shape index (κ1) is 23.4. The van der Waals surface area contributed by atoms with Crippen molar-refractivity contribution in [2.24, 2.45) is 5.73 Å². The van der Waals surface area contributed by atoms with Crippen LogP contribution in [0.2, 0.25) is 0 Å². The molecule has 0 aliphatic carbocycles. The quantitative estimate of drug-likeness (QED) is 0.367. The average molecular weight is 461 g/mol. The third kappa shape index (κ3) is 5.11. The zero-order valence-corrected chi connectivity index (χ0v) is 18.1. The minimum absolute atomic E-state index is 0.0220. The number of nitrogens with zero attached hydrogens (tertiary/aromatic N) is 1. The van der Waals surface area contributed by atoms with E-state index in [1.807, 2.05) is 30.5 Å². The third-order valence-electron chi connectivity index (χ3n) is 5.02. The van der Waals surface area contributed by atoms with E-state index in [0.29, 0.717) is 24.2 Å². The Morgan fingerprint density at radius 2 is 2.03 bits per heavy atom. The number of carboxylic acids is 2. The van der Waals surface area contributed by atoms with Crippen LogP contribution in [0.15, 0.2) is 41.7 Å². The Hall–Kier alpha value is -3.31. The number of hydrogen-bond acceptors (Lipinski definition) is 7. The van der Waals surface area contributed by atoms with Crippen LogP contribution in [0.1, 0.15) is 18.9 Å². The van der Waals surface area contributed by atoms with E-state index in [0.717, 1.165) is 16.5 Å². The van der Waals surface area contributed by atoms with Gasteiger partial charge in [-0.05, 0) is 11.6 Å². The number of nitrogens with two attached hydrogens (primary N) is 1. The van der Waals surface area contributed by atoms with Gasteiger partial charge < -0.3 is 25.7 Å². The van der Waals surface area contributed by atoms with E-state index in [9.17, 15) is 19.2 Å². The number of H-pyrrole nitrogens is 1. The standard InChI is InChI=1S/C11H12N2O2.C10H11NO5S/c12-9(11(14)15)5-7-6-13-10-4-2-1-3-8(7)10;1-5(12)16-3-6-4-17-8-2-7(13)11(8)9(6)10(14)15/h1-4,6,9,13H,5,12H2,(H,14,15);8H,2-4H2,1H3,(H,14,15)/t9-;8-/m01/s1. The molecule has 170 valence electrons. The molecule has 5 N–H and O–H groups in total. The van der Waals surface area contributed by atoms with Crippen LogP contribution in [-0.2, 0) is 30.3 Å². The van der Waals surface area contributed by atoms with E-state index in [1.54, 1.807) is 0 Å². The molecule has 1 fully saturated rings. The smallest absolute Gasteiger partial charge is 0.352 e. The number of esters is 1. The highest BCUT2D eigenvalue weighted by atomic mass is 32.2. The third-order valence-corrected chi connectivity index (χ3v) is 6.29. The number of rotatable bonds is 6. The second-order valence-electron chi connectivity index (χ2n) is 7.28. The summed E-state index contributed by atoms with van der Waals surface area (Å²) in [6.07, 6.45) is 2.54. The molecule has 2 aromatic rings. The summed E-state index contributed by atoms with van der Waals surface area (Å²) in [4.78, 5) is 48.2. The largest absolute Gasteiger partial charge is 0.480 e. The van der Waals surface area contributed by atoms with Gasteiger partial charge in [-0.2, -0.15) is 0 Å². The van der Waals surface area contributed by atoms with Crippen molar-refractivity contribution < 1.29 is 34.1 Å². The number of aromatic nitrogens is 1. The topological polar surface area (TPSA) is 163 Å². The molecule has 0 bridgehead atoms. The maximum absolute atomic E-state index is 11.4. The second kappa shape index (κ2) is 9.88. The van der Waals surface area contributed by atoms with Gasteiger partial charge in [0.25, 0.3) is 0 Å². The first-order valence-electron chi connectivity index (χ1n) is 9.74. The Bertz CT molecular complexity index is 1090. The molecule has 3 heterocycles. The lowest BCUT2D eigenvalue weighted by Crippen LogP contribution is -2.54. The predicted octanol–water partition coefficient (Wildman–Crippen LogP) is 1.32. The van der Waals surface area contributed by atoms with Gasteiger partial charge in [-0.3, -0.25) is 19.3 Å². The summed E-state index contributed by atoms with van der Waals surface area (Å²) in [6, 6.07) is 6.91. The number of benzene rings is 1. The van der Waals surface area contributed by atoms with Crippen LogP contribution in [0.5, 0.6) is 0 Å². The van der Waals surface area contributed by atoms with Crippen LogP contribution in [0, 0.1) is 0 Å². The van der Waals surface area contributed by atoms with E-state index in [4.69, 9.17) is 20.7 Å². The molecule has 1 saturated heterocycles. The van der Waals surface area contributed by atoms with Gasteiger partial charge in [0.2, 0.25) is 5.91 Å². The Kier molecular flexibility index (Phi) is 7.21. The molecule has 2 atom stereocenters. The van der Waals surface area contributed by atoms with E-state index >= 15 is 0 Å². The van der Waals surface area contributed by atoms with Gasteiger partial charge in [-0.1, -0.05) is 18.2 Å². The average Bonchev–Trinajstić information content (AvgIpc) is 3.14. The van der Waals surface area contributed by atoms with Gasteiger partial charge in [0, 0.05) is 41.8 Å². The second-order valence-corrected chi connectivity index (χ2v) is 8.45. The highest BCUT2D eigenvalue weighted by molar-refractivity contribution is 8.00. The van der Waals surface area contributed by atoms with Gasteiger partial charge in [-0.15, -0.1) is 11.8 Å². The SMILES string of the molecule is CC(=O)OCC1=C(C(=O)O)N2C(=O)C[C@H]2SC1.N[C@@H](Cc1c[nH]c2ccccc12)C(=O)O. The molecule has 2 aliphatic heterocycles. The molecule has 1 amide bonds. The normalized spacial score (nSPS) is 18.2. The summed E-state index contributed by atoms with van der Waals surface area (Å²) in [7, 11) is 0. The number of carbonyl (C=O) groups is 4. The molecule has 11 heteroatoms. The van der Waals surface area contributed by atoms with E-state index in [-0.39, 0.29) is 23.6 Å². The van der Waals surface area contributed by atoms with Crippen molar-refractivity contribution in [3.63, 3.8) is 0 Å². The van der Waals surface area contributed by atoms with Crippen LogP contribution < -0.4 is 5.73 Å². The molecule has 32 heavy (non-hydrogen) atoms. The van der Waals surface area contributed by atoms with Crippen LogP contribution in [0.4, 0.5) is 0 Å². The minimum Gasteiger partial charge on any atom is -0.480 e. The maximum atomic E-state index is 11.4. The molecule has 0 radical (unpaired) electrons. The number of carboxylic acid groups (broad SMARTS) is 2. The highest BCUT2D eigenvalue weighted by Crippen LogP contribution is 2.39. The van der Waals surface area contributed by atoms with Crippen LogP contribution >= 0.6 is 11.8 Å². The molecule has 0 unspecified atom stereocenters. The maximum Gasteiger partial charge on any atom is 0.352 e. The van der Waals surface area contributed by atoms with Gasteiger partial charge in [0.05, 0.1) is 11.8 Å². The number of amides is 1. The fourth-order valence-corrected chi connectivity index (χ4v) is 4.65. The number of fused-ring (bicyclic) bond motifs is 2. The van der Waals surface area contributed by atoms with E-state index in [1.165, 1.54) is 23.6 Å². The molecule has 0 spiro atoms. The fourth-order valence-electron chi connectivity index (χ4n) is 3.40. The number of carbonyl (C=O) groups excluding carboxylic acids is 2. The molecule has 1 aromatic carbocycles. The molecule has 4 rings (SSSR count). The van der Waals surface area contributed by atoms with Crippen molar-refractivity contribution in [2.45, 2.75) is 31.2 Å². The predicted molar refractivity (Wildman–Crippen MR) is 117 cm³/mol. The Balaban J connectivity index is 0.000000182. The highest BCUT2D eigenvalue weighted by Gasteiger charge is 2.45. The number of ether oxygens (including phenoxy) is 1. The van der Waals surface area contributed by atoms with Gasteiger partial charge in [0.15, 0.2) is 0 Å². The van der Waals surface area contributed by atoms with Gasteiger partial charge in [0.1, 0.15) is 18.3 Å². The summed E-state index contributed by atoms with van der Waals surface area (Å²) >= 11 is 1.49. The summed E-state index contributed by atoms with van der Waals surface area (Å²) < 4.78 is 4.79. The summed E-state index contributed by atoms with van der Waals surface area (Å²) in [6.45, 7) is 1.19. The molecule has 0 saturated carbocycles. The lowest BCUT2D eigenvalue weighted by Gasteiger charge is -2.43. The Labute approximate surface area is 187 Å². The molecular weight excluding hydrogens is 438 g/mol. The van der Waals surface area contributed by atoms with E-state index in [2.05, 4.69) is 4.98 Å². The molecule has 2 aliphatic rings. The molecular formula is C21H23N3O7S. The summed E-state index contributed by atoms with van der Waals surface area (Å²) in [5.41, 5.74) is 7.89. The van der Waals surface area contributed by atoms with Crippen molar-refractivity contribution in [3.05, 3.63) is 47.3 Å². The number of aliphatic carboxylic acids is 2.